The maximum atomic E-state index is 9.05. The molecule has 0 unspecified atom stereocenters. The number of allylic oxidation sites excluding steroid dienone is 6. The van der Waals surface area contributed by atoms with E-state index in [0.29, 0.717) is 5.76 Å². The van der Waals surface area contributed by atoms with E-state index in [-0.39, 0.29) is 0 Å². The summed E-state index contributed by atoms with van der Waals surface area (Å²) in [5.74, 6) is 0.358. The van der Waals surface area contributed by atoms with Crippen LogP contribution in [0.4, 0.5) is 0 Å². The molecule has 0 aliphatic rings. The van der Waals surface area contributed by atoms with Crippen molar-refractivity contribution in [2.24, 2.45) is 0 Å². The highest BCUT2D eigenvalue weighted by Crippen LogP contribution is 2.04. The molecule has 0 spiro atoms. The van der Waals surface area contributed by atoms with Gasteiger partial charge in [-0.1, -0.05) is 24.3 Å². The number of aliphatic hydroxyl groups excluding tert-OH is 1. The van der Waals surface area contributed by atoms with Crippen LogP contribution in [0.3, 0.4) is 0 Å². The molecule has 0 radical (unpaired) electrons. The molecular formula is C9H14O. The molecule has 0 heterocycles. The van der Waals surface area contributed by atoms with E-state index in [1.165, 1.54) is 0 Å². The Morgan fingerprint density at radius 3 is 1.70 bits per heavy atom. The molecule has 0 aliphatic carbocycles. The molecule has 0 aromatic carbocycles. The monoisotopic (exact) mass is 138 g/mol. The molecule has 1 nitrogen and oxygen atoms in total. The SMILES string of the molecule is C/C=C\C(/C=C/C)=C(C)O. The molecule has 0 rings (SSSR count). The molecule has 0 aromatic rings. The average molecular weight is 138 g/mol. The summed E-state index contributed by atoms with van der Waals surface area (Å²) < 4.78 is 0. The lowest BCUT2D eigenvalue weighted by Gasteiger charge is -1.94. The third kappa shape index (κ3) is 3.13. The van der Waals surface area contributed by atoms with Gasteiger partial charge in [0.05, 0.1) is 5.76 Å². The summed E-state index contributed by atoms with van der Waals surface area (Å²) in [4.78, 5) is 0. The second-order valence-electron chi connectivity index (χ2n) is 2.04. The largest absolute Gasteiger partial charge is 0.512 e. The maximum Gasteiger partial charge on any atom is 0.0963 e. The molecule has 0 bridgehead atoms. The van der Waals surface area contributed by atoms with Crippen molar-refractivity contribution in [2.45, 2.75) is 20.8 Å². The molecule has 0 aliphatic heterocycles. The Kier molecular flexibility index (Phi) is 4.38. The van der Waals surface area contributed by atoms with Gasteiger partial charge in [-0.3, -0.25) is 0 Å². The standard InChI is InChI=1S/C9H14O/c1-4-6-9(7-5-2)8(3)10/h4-7,10H,1-3H3/b6-4-,7-5+,9-8?. The lowest BCUT2D eigenvalue weighted by atomic mass is 10.2. The minimum Gasteiger partial charge on any atom is -0.512 e. The van der Waals surface area contributed by atoms with Crippen molar-refractivity contribution in [3.05, 3.63) is 35.6 Å². The highest BCUT2D eigenvalue weighted by molar-refractivity contribution is 5.31. The summed E-state index contributed by atoms with van der Waals surface area (Å²) in [6, 6.07) is 0. The number of rotatable bonds is 2. The smallest absolute Gasteiger partial charge is 0.0963 e. The predicted octanol–water partition coefficient (Wildman–Crippen LogP) is 2.97. The van der Waals surface area contributed by atoms with Crippen LogP contribution in [0.5, 0.6) is 0 Å². The van der Waals surface area contributed by atoms with Crippen molar-refractivity contribution < 1.29 is 5.11 Å². The summed E-state index contributed by atoms with van der Waals surface area (Å²) in [5.41, 5.74) is 0.866. The van der Waals surface area contributed by atoms with Crippen LogP contribution in [0.2, 0.25) is 0 Å². The maximum absolute atomic E-state index is 9.05. The second kappa shape index (κ2) is 4.86. The van der Waals surface area contributed by atoms with Crippen LogP contribution in [0, 0.1) is 0 Å². The van der Waals surface area contributed by atoms with Crippen molar-refractivity contribution in [3.63, 3.8) is 0 Å². The van der Waals surface area contributed by atoms with Crippen molar-refractivity contribution in [1.82, 2.24) is 0 Å². The molecule has 0 amide bonds. The van der Waals surface area contributed by atoms with Crippen molar-refractivity contribution in [3.8, 4) is 0 Å². The van der Waals surface area contributed by atoms with Crippen LogP contribution in [-0.2, 0) is 0 Å². The molecular weight excluding hydrogens is 124 g/mol. The van der Waals surface area contributed by atoms with Gasteiger partial charge >= 0.3 is 0 Å². The van der Waals surface area contributed by atoms with Crippen molar-refractivity contribution >= 4 is 0 Å². The first-order valence-corrected chi connectivity index (χ1v) is 3.37. The van der Waals surface area contributed by atoms with Gasteiger partial charge < -0.3 is 5.11 Å². The summed E-state index contributed by atoms with van der Waals surface area (Å²) >= 11 is 0. The van der Waals surface area contributed by atoms with E-state index in [1.54, 1.807) is 6.92 Å². The van der Waals surface area contributed by atoms with E-state index in [1.807, 2.05) is 38.2 Å². The normalized spacial score (nSPS) is 14.7. The Hall–Kier alpha value is -0.980. The van der Waals surface area contributed by atoms with Gasteiger partial charge in [-0.25, -0.2) is 0 Å². The lowest BCUT2D eigenvalue weighted by molar-refractivity contribution is 0.411. The summed E-state index contributed by atoms with van der Waals surface area (Å²) in [6.07, 6.45) is 7.54. The summed E-state index contributed by atoms with van der Waals surface area (Å²) in [7, 11) is 0. The Bertz CT molecular complexity index is 155. The molecule has 0 aromatic heterocycles. The van der Waals surface area contributed by atoms with E-state index in [0.717, 1.165) is 5.57 Å². The Labute approximate surface area is 62.4 Å². The van der Waals surface area contributed by atoms with Gasteiger partial charge in [-0.05, 0) is 20.8 Å². The first kappa shape index (κ1) is 9.02. The third-order valence-electron chi connectivity index (χ3n) is 1.11. The fraction of sp³-hybridized carbons (Fsp3) is 0.333. The van der Waals surface area contributed by atoms with Gasteiger partial charge in [0.15, 0.2) is 0 Å². The van der Waals surface area contributed by atoms with E-state index in [4.69, 9.17) is 5.11 Å². The zero-order valence-corrected chi connectivity index (χ0v) is 6.76. The van der Waals surface area contributed by atoms with Crippen LogP contribution in [-0.4, -0.2) is 5.11 Å². The molecule has 0 saturated heterocycles. The molecule has 0 fully saturated rings. The zero-order valence-electron chi connectivity index (χ0n) is 6.76. The quantitative estimate of drug-likeness (QED) is 0.459. The average Bonchev–Trinajstić information content (AvgIpc) is 1.87. The first-order chi connectivity index (χ1) is 4.72. The van der Waals surface area contributed by atoms with Crippen LogP contribution < -0.4 is 0 Å². The topological polar surface area (TPSA) is 20.2 Å². The Morgan fingerprint density at radius 1 is 1.10 bits per heavy atom. The van der Waals surface area contributed by atoms with Gasteiger partial charge in [0.2, 0.25) is 0 Å². The molecule has 56 valence electrons. The third-order valence-corrected chi connectivity index (χ3v) is 1.11. The second-order valence-corrected chi connectivity index (χ2v) is 2.04. The fourth-order valence-electron chi connectivity index (χ4n) is 0.656. The van der Waals surface area contributed by atoms with Gasteiger partial charge in [0.25, 0.3) is 0 Å². The number of hydrogen-bond donors (Lipinski definition) is 1. The van der Waals surface area contributed by atoms with Crippen LogP contribution in [0.25, 0.3) is 0 Å². The van der Waals surface area contributed by atoms with Crippen LogP contribution in [0.1, 0.15) is 20.8 Å². The highest BCUT2D eigenvalue weighted by atomic mass is 16.3. The minimum atomic E-state index is 0.358. The minimum absolute atomic E-state index is 0.358. The van der Waals surface area contributed by atoms with Gasteiger partial charge in [0, 0.05) is 5.57 Å². The highest BCUT2D eigenvalue weighted by Gasteiger charge is 1.88. The summed E-state index contributed by atoms with van der Waals surface area (Å²) in [6.45, 7) is 5.52. The zero-order chi connectivity index (χ0) is 7.98. The van der Waals surface area contributed by atoms with Crippen molar-refractivity contribution in [2.75, 3.05) is 0 Å². The van der Waals surface area contributed by atoms with E-state index >= 15 is 0 Å². The van der Waals surface area contributed by atoms with E-state index < -0.39 is 0 Å². The van der Waals surface area contributed by atoms with E-state index in [9.17, 15) is 0 Å². The first-order valence-electron chi connectivity index (χ1n) is 3.37. The van der Waals surface area contributed by atoms with Gasteiger partial charge in [0.1, 0.15) is 0 Å². The molecule has 0 atom stereocenters. The van der Waals surface area contributed by atoms with Gasteiger partial charge in [-0.2, -0.15) is 0 Å². The summed E-state index contributed by atoms with van der Waals surface area (Å²) in [5, 5.41) is 9.05. The fourth-order valence-corrected chi connectivity index (χ4v) is 0.656. The van der Waals surface area contributed by atoms with Crippen molar-refractivity contribution in [1.29, 1.82) is 0 Å². The van der Waals surface area contributed by atoms with Crippen LogP contribution in [0.15, 0.2) is 35.6 Å². The molecule has 0 saturated carbocycles. The Balaban J connectivity index is 4.43. The molecule has 1 N–H and O–H groups in total. The molecule has 1 heteroatoms. The van der Waals surface area contributed by atoms with E-state index in [2.05, 4.69) is 0 Å². The lowest BCUT2D eigenvalue weighted by Crippen LogP contribution is -1.78. The van der Waals surface area contributed by atoms with Crippen LogP contribution >= 0.6 is 0 Å². The molecule has 10 heavy (non-hydrogen) atoms. The predicted molar refractivity (Wildman–Crippen MR) is 45.0 cm³/mol. The Morgan fingerprint density at radius 2 is 1.50 bits per heavy atom. The number of aliphatic hydroxyl groups is 1. The van der Waals surface area contributed by atoms with Gasteiger partial charge in [-0.15, -0.1) is 0 Å². The number of hydrogen-bond acceptors (Lipinski definition) is 1.